The lowest BCUT2D eigenvalue weighted by molar-refractivity contribution is 0.277. The molecular formula is C11H13NO. The fraction of sp³-hybridized carbons (Fsp3) is 0.273. The zero-order chi connectivity index (χ0) is 9.26. The molecule has 13 heavy (non-hydrogen) atoms. The average molecular weight is 175 g/mol. The first-order chi connectivity index (χ1) is 6.33. The molecule has 2 rings (SSSR count). The first-order valence-corrected chi connectivity index (χ1v) is 4.46. The molecule has 0 bridgehead atoms. The largest absolute Gasteiger partial charge is 0.394 e. The van der Waals surface area contributed by atoms with E-state index in [2.05, 4.69) is 18.0 Å². The minimum absolute atomic E-state index is 0.190. The smallest absolute Gasteiger partial charge is 0.0636 e. The van der Waals surface area contributed by atoms with Crippen molar-refractivity contribution in [1.29, 1.82) is 0 Å². The van der Waals surface area contributed by atoms with Crippen LogP contribution in [0.5, 0.6) is 0 Å². The van der Waals surface area contributed by atoms with Crippen LogP contribution in [0.2, 0.25) is 0 Å². The van der Waals surface area contributed by atoms with Gasteiger partial charge in [-0.1, -0.05) is 18.7 Å². The van der Waals surface area contributed by atoms with E-state index in [0.29, 0.717) is 0 Å². The van der Waals surface area contributed by atoms with Crippen LogP contribution >= 0.6 is 0 Å². The molecule has 0 spiro atoms. The summed E-state index contributed by atoms with van der Waals surface area (Å²) in [4.78, 5) is 0. The zero-order valence-electron chi connectivity index (χ0n) is 7.46. The molecule has 0 aliphatic carbocycles. The lowest BCUT2D eigenvalue weighted by Gasteiger charge is -2.05. The topological polar surface area (TPSA) is 32.3 Å². The second-order valence-corrected chi connectivity index (χ2v) is 3.35. The first kappa shape index (κ1) is 8.32. The summed E-state index contributed by atoms with van der Waals surface area (Å²) in [5.41, 5.74) is 3.56. The third kappa shape index (κ3) is 1.45. The molecular weight excluding hydrogens is 162 g/mol. The summed E-state index contributed by atoms with van der Waals surface area (Å²) in [7, 11) is 0. The maximum Gasteiger partial charge on any atom is 0.0636 e. The Morgan fingerprint density at radius 1 is 1.62 bits per heavy atom. The number of aliphatic hydroxyl groups is 1. The molecule has 1 atom stereocenters. The number of rotatable bonds is 2. The average Bonchev–Trinajstić information content (AvgIpc) is 2.58. The first-order valence-electron chi connectivity index (χ1n) is 4.46. The van der Waals surface area contributed by atoms with Gasteiger partial charge in [-0.3, -0.25) is 0 Å². The van der Waals surface area contributed by atoms with E-state index in [1.165, 1.54) is 5.56 Å². The Hall–Kier alpha value is -1.28. The molecule has 1 unspecified atom stereocenters. The number of fused-ring (bicyclic) bond motifs is 1. The maximum atomic E-state index is 8.98. The van der Waals surface area contributed by atoms with Crippen molar-refractivity contribution in [2.45, 2.75) is 12.5 Å². The predicted molar refractivity (Wildman–Crippen MR) is 54.7 cm³/mol. The summed E-state index contributed by atoms with van der Waals surface area (Å²) in [5, 5.41) is 12.2. The molecule has 2 heteroatoms. The highest BCUT2D eigenvalue weighted by Crippen LogP contribution is 2.26. The Kier molecular flexibility index (Phi) is 2.07. The number of hydrogen-bond donors (Lipinski definition) is 2. The third-order valence-electron chi connectivity index (χ3n) is 2.41. The van der Waals surface area contributed by atoms with E-state index < -0.39 is 0 Å². The molecule has 1 heterocycles. The molecule has 1 aliphatic rings. The van der Waals surface area contributed by atoms with Gasteiger partial charge in [0.1, 0.15) is 0 Å². The van der Waals surface area contributed by atoms with Crippen LogP contribution in [0.25, 0.3) is 6.08 Å². The molecule has 2 N–H and O–H groups in total. The molecule has 0 aromatic heterocycles. The van der Waals surface area contributed by atoms with E-state index in [-0.39, 0.29) is 12.6 Å². The molecule has 1 aliphatic heterocycles. The molecule has 1 aromatic carbocycles. The van der Waals surface area contributed by atoms with Crippen molar-refractivity contribution in [3.05, 3.63) is 35.9 Å². The number of anilines is 1. The minimum atomic E-state index is 0.190. The summed E-state index contributed by atoms with van der Waals surface area (Å²) in [5.74, 6) is 0. The van der Waals surface area contributed by atoms with Gasteiger partial charge in [0.25, 0.3) is 0 Å². The van der Waals surface area contributed by atoms with E-state index in [9.17, 15) is 0 Å². The van der Waals surface area contributed by atoms with Gasteiger partial charge in [0.15, 0.2) is 0 Å². The van der Waals surface area contributed by atoms with Crippen LogP contribution in [-0.2, 0) is 6.42 Å². The van der Waals surface area contributed by atoms with Crippen molar-refractivity contribution in [3.8, 4) is 0 Å². The van der Waals surface area contributed by atoms with Crippen LogP contribution in [0.1, 0.15) is 11.1 Å². The van der Waals surface area contributed by atoms with E-state index in [1.54, 1.807) is 0 Å². The highest BCUT2D eigenvalue weighted by atomic mass is 16.3. The summed E-state index contributed by atoms with van der Waals surface area (Å²) in [6, 6.07) is 6.38. The van der Waals surface area contributed by atoms with E-state index in [0.717, 1.165) is 17.7 Å². The lowest BCUT2D eigenvalue weighted by Crippen LogP contribution is -2.19. The Morgan fingerprint density at radius 3 is 3.15 bits per heavy atom. The van der Waals surface area contributed by atoms with Crippen LogP contribution in [0.3, 0.4) is 0 Å². The molecule has 1 aromatic rings. The van der Waals surface area contributed by atoms with Crippen LogP contribution in [0, 0.1) is 0 Å². The Balaban J connectivity index is 2.30. The van der Waals surface area contributed by atoms with Gasteiger partial charge in [-0.2, -0.15) is 0 Å². The summed E-state index contributed by atoms with van der Waals surface area (Å²) < 4.78 is 0. The van der Waals surface area contributed by atoms with Gasteiger partial charge in [0, 0.05) is 5.69 Å². The molecule has 0 amide bonds. The number of hydrogen-bond acceptors (Lipinski definition) is 2. The van der Waals surface area contributed by atoms with Crippen LogP contribution in [-0.4, -0.2) is 17.8 Å². The Bertz CT molecular complexity index is 333. The fourth-order valence-corrected chi connectivity index (χ4v) is 1.70. The van der Waals surface area contributed by atoms with Crippen molar-refractivity contribution in [3.63, 3.8) is 0 Å². The van der Waals surface area contributed by atoms with Gasteiger partial charge in [0.2, 0.25) is 0 Å². The fourth-order valence-electron chi connectivity index (χ4n) is 1.70. The van der Waals surface area contributed by atoms with Gasteiger partial charge >= 0.3 is 0 Å². The lowest BCUT2D eigenvalue weighted by atomic mass is 10.1. The van der Waals surface area contributed by atoms with E-state index >= 15 is 0 Å². The SMILES string of the molecule is C=Cc1ccc2c(c1)CC(CO)N2. The van der Waals surface area contributed by atoms with Crippen molar-refractivity contribution >= 4 is 11.8 Å². The van der Waals surface area contributed by atoms with Gasteiger partial charge in [0.05, 0.1) is 12.6 Å². The quantitative estimate of drug-likeness (QED) is 0.716. The summed E-state index contributed by atoms with van der Waals surface area (Å²) in [6.07, 6.45) is 2.75. The molecule has 0 fully saturated rings. The Morgan fingerprint density at radius 2 is 2.46 bits per heavy atom. The number of benzene rings is 1. The zero-order valence-corrected chi connectivity index (χ0v) is 7.46. The van der Waals surface area contributed by atoms with Crippen molar-refractivity contribution in [2.24, 2.45) is 0 Å². The van der Waals surface area contributed by atoms with Crippen LogP contribution < -0.4 is 5.32 Å². The van der Waals surface area contributed by atoms with Gasteiger partial charge in [-0.05, 0) is 29.7 Å². The van der Waals surface area contributed by atoms with Crippen molar-refractivity contribution in [1.82, 2.24) is 0 Å². The molecule has 0 saturated heterocycles. The highest BCUT2D eigenvalue weighted by molar-refractivity contribution is 5.62. The van der Waals surface area contributed by atoms with Crippen molar-refractivity contribution < 1.29 is 5.11 Å². The molecule has 0 radical (unpaired) electrons. The number of aliphatic hydroxyl groups excluding tert-OH is 1. The third-order valence-corrected chi connectivity index (χ3v) is 2.41. The van der Waals surface area contributed by atoms with Gasteiger partial charge < -0.3 is 10.4 Å². The van der Waals surface area contributed by atoms with Gasteiger partial charge in [-0.25, -0.2) is 0 Å². The second kappa shape index (κ2) is 3.23. The van der Waals surface area contributed by atoms with Crippen LogP contribution in [0.4, 0.5) is 5.69 Å². The van der Waals surface area contributed by atoms with E-state index in [4.69, 9.17) is 5.11 Å². The predicted octanol–water partition coefficient (Wildman–Crippen LogP) is 1.66. The normalized spacial score (nSPS) is 19.3. The van der Waals surface area contributed by atoms with Crippen LogP contribution in [0.15, 0.2) is 24.8 Å². The molecule has 0 saturated carbocycles. The van der Waals surface area contributed by atoms with Crippen molar-refractivity contribution in [2.75, 3.05) is 11.9 Å². The monoisotopic (exact) mass is 175 g/mol. The molecule has 2 nitrogen and oxygen atoms in total. The number of nitrogens with one attached hydrogen (secondary N) is 1. The molecule has 68 valence electrons. The minimum Gasteiger partial charge on any atom is -0.394 e. The summed E-state index contributed by atoms with van der Waals surface area (Å²) in [6.45, 7) is 3.92. The second-order valence-electron chi connectivity index (χ2n) is 3.35. The van der Waals surface area contributed by atoms with E-state index in [1.807, 2.05) is 18.2 Å². The summed E-state index contributed by atoms with van der Waals surface area (Å²) >= 11 is 0. The Labute approximate surface area is 77.9 Å². The van der Waals surface area contributed by atoms with Gasteiger partial charge in [-0.15, -0.1) is 0 Å². The highest BCUT2D eigenvalue weighted by Gasteiger charge is 2.18. The standard InChI is InChI=1S/C11H13NO/c1-2-8-3-4-11-9(5-8)6-10(7-13)12-11/h2-5,10,12-13H,1,6-7H2. The maximum absolute atomic E-state index is 8.98.